The number of nitrogens with zero attached hydrogens (tertiary/aromatic N) is 1. The van der Waals surface area contributed by atoms with Crippen LogP contribution >= 0.6 is 0 Å². The van der Waals surface area contributed by atoms with E-state index < -0.39 is 11.4 Å². The van der Waals surface area contributed by atoms with Crippen LogP contribution in [0.4, 0.5) is 0 Å². The third-order valence-corrected chi connectivity index (χ3v) is 3.52. The van der Waals surface area contributed by atoms with Gasteiger partial charge in [0.05, 0.1) is 5.41 Å². The molecule has 1 rings (SSSR count). The summed E-state index contributed by atoms with van der Waals surface area (Å²) >= 11 is 0. The molecular formula is C12H23NO2. The van der Waals surface area contributed by atoms with Gasteiger partial charge < -0.3 is 10.0 Å². The summed E-state index contributed by atoms with van der Waals surface area (Å²) in [7, 11) is 0. The Kier molecular flexibility index (Phi) is 3.77. The Morgan fingerprint density at radius 1 is 1.47 bits per heavy atom. The number of likely N-dealkylation sites (tertiary alicyclic amines) is 1. The van der Waals surface area contributed by atoms with Crippen molar-refractivity contribution < 1.29 is 9.90 Å². The Morgan fingerprint density at radius 3 is 2.47 bits per heavy atom. The molecule has 1 saturated heterocycles. The number of aliphatic carboxylic acids is 1. The summed E-state index contributed by atoms with van der Waals surface area (Å²) in [5.41, 5.74) is -0.592. The molecule has 0 saturated carbocycles. The molecule has 2 unspecified atom stereocenters. The van der Waals surface area contributed by atoms with E-state index in [0.717, 1.165) is 25.4 Å². The van der Waals surface area contributed by atoms with Crippen LogP contribution in [0.5, 0.6) is 0 Å². The van der Waals surface area contributed by atoms with E-state index in [1.165, 1.54) is 6.42 Å². The third kappa shape index (κ3) is 3.20. The van der Waals surface area contributed by atoms with Gasteiger partial charge in [-0.05, 0) is 46.1 Å². The number of carboxylic acids is 1. The highest BCUT2D eigenvalue weighted by Crippen LogP contribution is 2.26. The lowest BCUT2D eigenvalue weighted by molar-refractivity contribution is -0.147. The fourth-order valence-corrected chi connectivity index (χ4v) is 2.23. The molecule has 0 aromatic carbocycles. The lowest BCUT2D eigenvalue weighted by Crippen LogP contribution is -2.34. The molecule has 15 heavy (non-hydrogen) atoms. The molecule has 1 aliphatic heterocycles. The topological polar surface area (TPSA) is 40.5 Å². The minimum absolute atomic E-state index is 0.592. The molecule has 0 spiro atoms. The zero-order chi connectivity index (χ0) is 11.6. The molecule has 0 aliphatic carbocycles. The molecule has 1 N–H and O–H groups in total. The fraction of sp³-hybridized carbons (Fsp3) is 0.917. The first-order valence-corrected chi connectivity index (χ1v) is 5.80. The zero-order valence-corrected chi connectivity index (χ0v) is 10.3. The molecule has 0 aromatic rings. The van der Waals surface area contributed by atoms with E-state index in [1.54, 1.807) is 13.8 Å². The number of rotatable bonds is 4. The maximum atomic E-state index is 11.0. The van der Waals surface area contributed by atoms with Gasteiger partial charge in [0.1, 0.15) is 0 Å². The minimum atomic E-state index is -0.692. The van der Waals surface area contributed by atoms with Crippen molar-refractivity contribution in [2.45, 2.75) is 46.6 Å². The van der Waals surface area contributed by atoms with Gasteiger partial charge >= 0.3 is 5.97 Å². The van der Waals surface area contributed by atoms with Crippen LogP contribution in [0.25, 0.3) is 0 Å². The summed E-state index contributed by atoms with van der Waals surface area (Å²) in [5.74, 6) is 0.0651. The summed E-state index contributed by atoms with van der Waals surface area (Å²) in [6.45, 7) is 10.1. The van der Waals surface area contributed by atoms with Crippen molar-refractivity contribution in [1.82, 2.24) is 4.90 Å². The molecule has 3 nitrogen and oxygen atoms in total. The Balaban J connectivity index is 2.40. The average Bonchev–Trinajstić information content (AvgIpc) is 2.41. The molecule has 2 atom stereocenters. The molecule has 88 valence electrons. The smallest absolute Gasteiger partial charge is 0.309 e. The van der Waals surface area contributed by atoms with Gasteiger partial charge in [0.15, 0.2) is 0 Å². The summed E-state index contributed by atoms with van der Waals surface area (Å²) < 4.78 is 0. The van der Waals surface area contributed by atoms with Crippen molar-refractivity contribution in [3.05, 3.63) is 0 Å². The van der Waals surface area contributed by atoms with E-state index in [-0.39, 0.29) is 0 Å². The second kappa shape index (κ2) is 4.52. The van der Waals surface area contributed by atoms with Crippen molar-refractivity contribution in [2.24, 2.45) is 11.3 Å². The third-order valence-electron chi connectivity index (χ3n) is 3.52. The molecule has 1 fully saturated rings. The van der Waals surface area contributed by atoms with Gasteiger partial charge in [-0.3, -0.25) is 4.79 Å². The number of hydrogen-bond acceptors (Lipinski definition) is 2. The van der Waals surface area contributed by atoms with Gasteiger partial charge in [-0.25, -0.2) is 0 Å². The van der Waals surface area contributed by atoms with Gasteiger partial charge in [0.25, 0.3) is 0 Å². The van der Waals surface area contributed by atoms with Crippen LogP contribution in [0, 0.1) is 11.3 Å². The maximum Gasteiger partial charge on any atom is 0.309 e. The van der Waals surface area contributed by atoms with Crippen molar-refractivity contribution in [1.29, 1.82) is 0 Å². The van der Waals surface area contributed by atoms with E-state index in [0.29, 0.717) is 6.04 Å². The highest BCUT2D eigenvalue weighted by molar-refractivity contribution is 5.73. The molecule has 0 radical (unpaired) electrons. The van der Waals surface area contributed by atoms with Crippen LogP contribution in [-0.2, 0) is 4.79 Å². The standard InChI is InChI=1S/C12H23NO2/c1-9-7-10(2)13(8-9)6-5-12(3,4)11(14)15/h9-10H,5-8H2,1-4H3,(H,14,15). The average molecular weight is 213 g/mol. The van der Waals surface area contributed by atoms with Gasteiger partial charge in [-0.1, -0.05) is 6.92 Å². The van der Waals surface area contributed by atoms with Gasteiger partial charge in [-0.2, -0.15) is 0 Å². The Hall–Kier alpha value is -0.570. The second-order valence-electron chi connectivity index (χ2n) is 5.62. The first-order chi connectivity index (χ1) is 6.83. The number of hydrogen-bond donors (Lipinski definition) is 1. The molecule has 3 heteroatoms. The van der Waals surface area contributed by atoms with Gasteiger partial charge in [0, 0.05) is 12.6 Å². The van der Waals surface area contributed by atoms with Crippen molar-refractivity contribution in [2.75, 3.05) is 13.1 Å². The van der Waals surface area contributed by atoms with E-state index >= 15 is 0 Å². The van der Waals surface area contributed by atoms with Crippen molar-refractivity contribution >= 4 is 5.97 Å². The first kappa shape index (κ1) is 12.5. The molecular weight excluding hydrogens is 190 g/mol. The summed E-state index contributed by atoms with van der Waals surface area (Å²) in [4.78, 5) is 13.4. The second-order valence-corrected chi connectivity index (χ2v) is 5.62. The predicted molar refractivity (Wildman–Crippen MR) is 60.8 cm³/mol. The van der Waals surface area contributed by atoms with E-state index in [9.17, 15) is 4.79 Å². The lowest BCUT2D eigenvalue weighted by atomic mass is 9.89. The van der Waals surface area contributed by atoms with E-state index in [1.807, 2.05) is 0 Å². The summed E-state index contributed by atoms with van der Waals surface area (Å²) in [6, 6.07) is 0.615. The van der Waals surface area contributed by atoms with Gasteiger partial charge in [0.2, 0.25) is 0 Å². The Bertz CT molecular complexity index is 238. The molecule has 1 aliphatic rings. The molecule has 0 aromatic heterocycles. The highest BCUT2D eigenvalue weighted by atomic mass is 16.4. The minimum Gasteiger partial charge on any atom is -0.481 e. The van der Waals surface area contributed by atoms with Crippen molar-refractivity contribution in [3.8, 4) is 0 Å². The van der Waals surface area contributed by atoms with Crippen LogP contribution in [0.3, 0.4) is 0 Å². The van der Waals surface area contributed by atoms with Crippen LogP contribution < -0.4 is 0 Å². The normalized spacial score (nSPS) is 28.3. The molecule has 1 heterocycles. The quantitative estimate of drug-likeness (QED) is 0.778. The van der Waals surface area contributed by atoms with Gasteiger partial charge in [-0.15, -0.1) is 0 Å². The number of carbonyl (C=O) groups is 1. The monoisotopic (exact) mass is 213 g/mol. The number of carboxylic acid groups (broad SMARTS) is 1. The maximum absolute atomic E-state index is 11.0. The SMILES string of the molecule is CC1CC(C)N(CCC(C)(C)C(=O)O)C1. The predicted octanol–water partition coefficient (Wildman–Crippen LogP) is 2.22. The molecule has 0 bridgehead atoms. The van der Waals surface area contributed by atoms with E-state index in [4.69, 9.17) is 5.11 Å². The van der Waals surface area contributed by atoms with E-state index in [2.05, 4.69) is 18.7 Å². The van der Waals surface area contributed by atoms with Crippen LogP contribution in [0.1, 0.15) is 40.5 Å². The first-order valence-electron chi connectivity index (χ1n) is 5.80. The lowest BCUT2D eigenvalue weighted by Gasteiger charge is -2.26. The summed E-state index contributed by atoms with van der Waals surface area (Å²) in [6.07, 6.45) is 1.98. The summed E-state index contributed by atoms with van der Waals surface area (Å²) in [5, 5.41) is 9.01. The highest BCUT2D eigenvalue weighted by Gasteiger charge is 2.31. The van der Waals surface area contributed by atoms with Crippen LogP contribution in [0.15, 0.2) is 0 Å². The van der Waals surface area contributed by atoms with Crippen LogP contribution in [0.2, 0.25) is 0 Å². The Morgan fingerprint density at radius 2 is 2.07 bits per heavy atom. The molecule has 0 amide bonds. The Labute approximate surface area is 92.5 Å². The largest absolute Gasteiger partial charge is 0.481 e. The zero-order valence-electron chi connectivity index (χ0n) is 10.3. The van der Waals surface area contributed by atoms with Crippen LogP contribution in [-0.4, -0.2) is 35.1 Å². The van der Waals surface area contributed by atoms with Crippen molar-refractivity contribution in [3.63, 3.8) is 0 Å². The fourth-order valence-electron chi connectivity index (χ4n) is 2.23.